The minimum atomic E-state index is 0.622. The van der Waals surface area contributed by atoms with E-state index in [2.05, 4.69) is 24.3 Å². The highest BCUT2D eigenvalue weighted by atomic mass is 15.3. The Morgan fingerprint density at radius 3 is 2.80 bits per heavy atom. The number of nitrogens with zero attached hydrogens (tertiary/aromatic N) is 2. The van der Waals surface area contributed by atoms with Crippen LogP contribution in [0.5, 0.6) is 0 Å². The van der Waals surface area contributed by atoms with Gasteiger partial charge in [0.2, 0.25) is 0 Å². The molecule has 0 spiro atoms. The molecule has 1 saturated carbocycles. The largest absolute Gasteiger partial charge is 0.367 e. The number of anilines is 1. The molecular weight excluding hydrogens is 186 g/mol. The van der Waals surface area contributed by atoms with Gasteiger partial charge >= 0.3 is 0 Å². The van der Waals surface area contributed by atoms with Crippen molar-refractivity contribution in [3.05, 3.63) is 12.3 Å². The fourth-order valence-corrected chi connectivity index (χ4v) is 2.59. The van der Waals surface area contributed by atoms with Crippen LogP contribution < -0.4 is 5.32 Å². The lowest BCUT2D eigenvalue weighted by molar-refractivity contribution is 0.275. The Hall–Kier alpha value is -0.990. The molecule has 0 aromatic carbocycles. The maximum atomic E-state index is 4.18. The van der Waals surface area contributed by atoms with E-state index in [1.807, 2.05) is 24.0 Å². The molecule has 0 saturated heterocycles. The van der Waals surface area contributed by atoms with Crippen molar-refractivity contribution in [3.63, 3.8) is 0 Å². The highest BCUT2D eigenvalue weighted by molar-refractivity contribution is 5.35. The monoisotopic (exact) mass is 207 g/mol. The maximum absolute atomic E-state index is 4.18. The summed E-state index contributed by atoms with van der Waals surface area (Å²) < 4.78 is 1.91. The Labute approximate surface area is 91.9 Å². The Kier molecular flexibility index (Phi) is 2.98. The number of hydrogen-bond acceptors (Lipinski definition) is 2. The predicted octanol–water partition coefficient (Wildman–Crippen LogP) is 2.66. The van der Waals surface area contributed by atoms with Crippen LogP contribution in [-0.4, -0.2) is 15.8 Å². The summed E-state index contributed by atoms with van der Waals surface area (Å²) in [4.78, 5) is 0. The summed E-state index contributed by atoms with van der Waals surface area (Å²) in [6.07, 6.45) is 5.82. The van der Waals surface area contributed by atoms with E-state index >= 15 is 0 Å². The van der Waals surface area contributed by atoms with Gasteiger partial charge in [0.15, 0.2) is 0 Å². The third-order valence-electron chi connectivity index (χ3n) is 3.59. The topological polar surface area (TPSA) is 29.9 Å². The van der Waals surface area contributed by atoms with Crippen LogP contribution in [0.3, 0.4) is 0 Å². The zero-order valence-electron chi connectivity index (χ0n) is 9.90. The molecule has 3 heteroatoms. The maximum Gasteiger partial charge on any atom is 0.124 e. The van der Waals surface area contributed by atoms with E-state index in [0.29, 0.717) is 6.04 Å². The molecule has 1 aromatic rings. The molecule has 0 amide bonds. The summed E-state index contributed by atoms with van der Waals surface area (Å²) in [6.45, 7) is 4.71. The van der Waals surface area contributed by atoms with Crippen molar-refractivity contribution in [2.75, 3.05) is 5.32 Å². The zero-order valence-corrected chi connectivity index (χ0v) is 9.90. The van der Waals surface area contributed by atoms with Gasteiger partial charge in [0.1, 0.15) is 5.82 Å². The molecule has 3 unspecified atom stereocenters. The van der Waals surface area contributed by atoms with E-state index in [1.54, 1.807) is 0 Å². The fraction of sp³-hybridized carbons (Fsp3) is 0.750. The molecular formula is C12H21N3. The lowest BCUT2D eigenvalue weighted by atomic mass is 9.80. The molecule has 84 valence electrons. The minimum absolute atomic E-state index is 0.622. The molecule has 1 N–H and O–H groups in total. The third kappa shape index (κ3) is 2.33. The number of hydrogen-bond donors (Lipinski definition) is 1. The van der Waals surface area contributed by atoms with Crippen LogP contribution in [0.15, 0.2) is 12.3 Å². The van der Waals surface area contributed by atoms with Crippen molar-refractivity contribution in [1.82, 2.24) is 9.78 Å². The lowest BCUT2D eigenvalue weighted by Gasteiger charge is -2.33. The van der Waals surface area contributed by atoms with Gasteiger partial charge in [-0.2, -0.15) is 5.10 Å². The van der Waals surface area contributed by atoms with Crippen LogP contribution in [0.2, 0.25) is 0 Å². The number of rotatable bonds is 2. The van der Waals surface area contributed by atoms with Crippen molar-refractivity contribution in [1.29, 1.82) is 0 Å². The smallest absolute Gasteiger partial charge is 0.124 e. The second kappa shape index (κ2) is 4.25. The summed E-state index contributed by atoms with van der Waals surface area (Å²) in [6, 6.07) is 2.67. The van der Waals surface area contributed by atoms with Crippen LogP contribution in [0, 0.1) is 11.8 Å². The summed E-state index contributed by atoms with van der Waals surface area (Å²) in [5.41, 5.74) is 0. The normalized spacial score (nSPS) is 31.5. The first-order chi connectivity index (χ1) is 7.16. The second-order valence-electron chi connectivity index (χ2n) is 4.99. The quantitative estimate of drug-likeness (QED) is 0.808. The number of aromatic nitrogens is 2. The summed E-state index contributed by atoms with van der Waals surface area (Å²) >= 11 is 0. The first-order valence-electron chi connectivity index (χ1n) is 5.91. The molecule has 0 radical (unpaired) electrons. The Morgan fingerprint density at radius 1 is 1.40 bits per heavy atom. The van der Waals surface area contributed by atoms with Crippen LogP contribution in [0.1, 0.15) is 33.1 Å². The third-order valence-corrected chi connectivity index (χ3v) is 3.59. The molecule has 1 fully saturated rings. The highest BCUT2D eigenvalue weighted by Gasteiger charge is 2.25. The summed E-state index contributed by atoms with van der Waals surface area (Å²) in [5, 5.41) is 7.78. The second-order valence-corrected chi connectivity index (χ2v) is 4.99. The van der Waals surface area contributed by atoms with E-state index in [4.69, 9.17) is 0 Å². The van der Waals surface area contributed by atoms with Crippen LogP contribution in [0.4, 0.5) is 5.82 Å². The van der Waals surface area contributed by atoms with Gasteiger partial charge in [0.25, 0.3) is 0 Å². The minimum Gasteiger partial charge on any atom is -0.367 e. The van der Waals surface area contributed by atoms with Crippen LogP contribution in [0.25, 0.3) is 0 Å². The highest BCUT2D eigenvalue weighted by Crippen LogP contribution is 2.30. The Morgan fingerprint density at radius 2 is 2.20 bits per heavy atom. The van der Waals surface area contributed by atoms with Gasteiger partial charge in [0, 0.05) is 19.2 Å². The van der Waals surface area contributed by atoms with Gasteiger partial charge < -0.3 is 5.32 Å². The predicted molar refractivity (Wildman–Crippen MR) is 62.8 cm³/mol. The first kappa shape index (κ1) is 10.5. The van der Waals surface area contributed by atoms with Crippen molar-refractivity contribution >= 4 is 5.82 Å². The molecule has 0 bridgehead atoms. The first-order valence-corrected chi connectivity index (χ1v) is 5.91. The Balaban J connectivity index is 1.98. The van der Waals surface area contributed by atoms with Gasteiger partial charge in [-0.25, -0.2) is 0 Å². The zero-order chi connectivity index (χ0) is 10.8. The van der Waals surface area contributed by atoms with Crippen LogP contribution >= 0.6 is 0 Å². The molecule has 1 aliphatic rings. The van der Waals surface area contributed by atoms with Gasteiger partial charge in [0.05, 0.1) is 6.20 Å². The van der Waals surface area contributed by atoms with Crippen molar-refractivity contribution in [2.45, 2.75) is 39.2 Å². The Bertz CT molecular complexity index is 318. The molecule has 15 heavy (non-hydrogen) atoms. The fourth-order valence-electron chi connectivity index (χ4n) is 2.59. The molecule has 1 aromatic heterocycles. The molecule has 1 aliphatic carbocycles. The van der Waals surface area contributed by atoms with Gasteiger partial charge in [-0.3, -0.25) is 4.68 Å². The molecule has 3 nitrogen and oxygen atoms in total. The molecule has 2 rings (SSSR count). The van der Waals surface area contributed by atoms with E-state index < -0.39 is 0 Å². The van der Waals surface area contributed by atoms with Crippen molar-refractivity contribution in [3.8, 4) is 0 Å². The van der Waals surface area contributed by atoms with E-state index in [-0.39, 0.29) is 0 Å². The molecule has 1 heterocycles. The van der Waals surface area contributed by atoms with Crippen LogP contribution in [-0.2, 0) is 7.05 Å². The van der Waals surface area contributed by atoms with E-state index in [1.165, 1.54) is 19.3 Å². The van der Waals surface area contributed by atoms with Gasteiger partial charge in [-0.1, -0.05) is 13.8 Å². The summed E-state index contributed by atoms with van der Waals surface area (Å²) in [7, 11) is 1.98. The standard InChI is InChI=1S/C12H21N3/c1-9-4-5-11(10(2)8-9)14-12-6-7-13-15(12)3/h6-7,9-11,14H,4-5,8H2,1-3H3. The van der Waals surface area contributed by atoms with Gasteiger partial charge in [-0.05, 0) is 31.1 Å². The van der Waals surface area contributed by atoms with Crippen molar-refractivity contribution < 1.29 is 0 Å². The lowest BCUT2D eigenvalue weighted by Crippen LogP contribution is -2.33. The summed E-state index contributed by atoms with van der Waals surface area (Å²) in [5.74, 6) is 2.80. The molecule has 0 aliphatic heterocycles. The van der Waals surface area contributed by atoms with E-state index in [9.17, 15) is 0 Å². The molecule has 3 atom stereocenters. The average Bonchev–Trinajstić information content (AvgIpc) is 2.57. The SMILES string of the molecule is CC1CCC(Nc2ccnn2C)C(C)C1. The number of nitrogens with one attached hydrogen (secondary N) is 1. The number of aryl methyl sites for hydroxylation is 1. The average molecular weight is 207 g/mol. The van der Waals surface area contributed by atoms with Gasteiger partial charge in [-0.15, -0.1) is 0 Å². The van der Waals surface area contributed by atoms with E-state index in [0.717, 1.165) is 17.7 Å². The van der Waals surface area contributed by atoms with Crippen molar-refractivity contribution in [2.24, 2.45) is 18.9 Å².